The summed E-state index contributed by atoms with van der Waals surface area (Å²) in [6, 6.07) is 0. The third-order valence-electron chi connectivity index (χ3n) is 3.56. The molecular weight excluding hydrogens is 230 g/mol. The van der Waals surface area contributed by atoms with Crippen molar-refractivity contribution in [3.05, 3.63) is 16.1 Å². The van der Waals surface area contributed by atoms with Crippen molar-refractivity contribution in [2.24, 2.45) is 5.73 Å². The van der Waals surface area contributed by atoms with Gasteiger partial charge in [0.25, 0.3) is 0 Å². The molecule has 0 atom stereocenters. The number of halogens is 2. The van der Waals surface area contributed by atoms with E-state index in [1.165, 1.54) is 0 Å². The quantitative estimate of drug-likeness (QED) is 0.871. The van der Waals surface area contributed by atoms with Crippen LogP contribution in [0.25, 0.3) is 0 Å². The highest BCUT2D eigenvalue weighted by atomic mass is 32.1. The molecule has 0 spiro atoms. The van der Waals surface area contributed by atoms with Crippen LogP contribution in [0.2, 0.25) is 0 Å². The predicted molar refractivity (Wildman–Crippen MR) is 61.0 cm³/mol. The topological polar surface area (TPSA) is 38.9 Å². The highest BCUT2D eigenvalue weighted by molar-refractivity contribution is 7.09. The largest absolute Gasteiger partial charge is 0.330 e. The summed E-state index contributed by atoms with van der Waals surface area (Å²) < 4.78 is 26.3. The number of thiazole rings is 1. The SMILES string of the molecule is Cc1ncsc1C1(CN)CCC(F)(F)CC1. The lowest BCUT2D eigenvalue weighted by Crippen LogP contribution is -2.42. The number of hydrogen-bond donors (Lipinski definition) is 1. The maximum Gasteiger partial charge on any atom is 0.248 e. The van der Waals surface area contributed by atoms with E-state index in [0.29, 0.717) is 19.4 Å². The number of rotatable bonds is 2. The molecule has 1 aliphatic carbocycles. The molecule has 16 heavy (non-hydrogen) atoms. The lowest BCUT2D eigenvalue weighted by atomic mass is 9.71. The van der Waals surface area contributed by atoms with Crippen LogP contribution in [0.1, 0.15) is 36.3 Å². The molecule has 1 aromatic rings. The number of nitrogens with zero attached hydrogens (tertiary/aromatic N) is 1. The van der Waals surface area contributed by atoms with Crippen molar-refractivity contribution in [1.82, 2.24) is 4.98 Å². The smallest absolute Gasteiger partial charge is 0.248 e. The van der Waals surface area contributed by atoms with Gasteiger partial charge in [0, 0.05) is 29.7 Å². The lowest BCUT2D eigenvalue weighted by Gasteiger charge is -2.38. The summed E-state index contributed by atoms with van der Waals surface area (Å²) in [4.78, 5) is 5.30. The van der Waals surface area contributed by atoms with Crippen LogP contribution in [0.3, 0.4) is 0 Å². The number of alkyl halides is 2. The first-order chi connectivity index (χ1) is 7.49. The Balaban J connectivity index is 2.26. The molecule has 1 fully saturated rings. The maximum absolute atomic E-state index is 13.2. The van der Waals surface area contributed by atoms with E-state index in [9.17, 15) is 8.78 Å². The number of hydrogen-bond acceptors (Lipinski definition) is 3. The van der Waals surface area contributed by atoms with Gasteiger partial charge < -0.3 is 5.73 Å². The molecule has 1 heterocycles. The molecule has 90 valence electrons. The van der Waals surface area contributed by atoms with Gasteiger partial charge in [-0.2, -0.15) is 0 Å². The van der Waals surface area contributed by atoms with Gasteiger partial charge in [-0.25, -0.2) is 13.8 Å². The van der Waals surface area contributed by atoms with Gasteiger partial charge in [0.05, 0.1) is 11.2 Å². The lowest BCUT2D eigenvalue weighted by molar-refractivity contribution is -0.0505. The van der Waals surface area contributed by atoms with Crippen LogP contribution in [-0.4, -0.2) is 17.5 Å². The Morgan fingerprint density at radius 3 is 2.44 bits per heavy atom. The van der Waals surface area contributed by atoms with Gasteiger partial charge in [-0.3, -0.25) is 0 Å². The minimum absolute atomic E-state index is 0.0540. The average molecular weight is 246 g/mol. The van der Waals surface area contributed by atoms with E-state index in [1.54, 1.807) is 16.8 Å². The molecule has 0 aliphatic heterocycles. The summed E-state index contributed by atoms with van der Waals surface area (Å²) in [6.07, 6.45) is 0.835. The fourth-order valence-corrected chi connectivity index (χ4v) is 3.51. The van der Waals surface area contributed by atoms with E-state index in [0.717, 1.165) is 10.6 Å². The van der Waals surface area contributed by atoms with Crippen molar-refractivity contribution in [2.75, 3.05) is 6.54 Å². The van der Waals surface area contributed by atoms with Crippen molar-refractivity contribution < 1.29 is 8.78 Å². The normalized spacial score (nSPS) is 23.2. The summed E-state index contributed by atoms with van der Waals surface area (Å²) in [7, 11) is 0. The Bertz CT molecular complexity index is 366. The van der Waals surface area contributed by atoms with Gasteiger partial charge in [0.1, 0.15) is 0 Å². The van der Waals surface area contributed by atoms with Gasteiger partial charge >= 0.3 is 0 Å². The fourth-order valence-electron chi connectivity index (χ4n) is 2.43. The Labute approximate surface area is 97.9 Å². The Kier molecular flexibility index (Phi) is 3.01. The van der Waals surface area contributed by atoms with Gasteiger partial charge in [0.15, 0.2) is 0 Å². The molecule has 2 N–H and O–H groups in total. The molecular formula is C11H16F2N2S. The summed E-state index contributed by atoms with van der Waals surface area (Å²) >= 11 is 1.54. The molecule has 2 nitrogen and oxygen atoms in total. The van der Waals surface area contributed by atoms with Gasteiger partial charge in [-0.15, -0.1) is 11.3 Å². The molecule has 0 aromatic carbocycles. The first kappa shape index (κ1) is 11.9. The van der Waals surface area contributed by atoms with Crippen LogP contribution in [0.4, 0.5) is 8.78 Å². The second-order valence-corrected chi connectivity index (χ2v) is 5.46. The molecule has 0 radical (unpaired) electrons. The molecule has 1 aromatic heterocycles. The molecule has 2 rings (SSSR count). The highest BCUT2D eigenvalue weighted by Gasteiger charge is 2.44. The van der Waals surface area contributed by atoms with Gasteiger partial charge in [-0.1, -0.05) is 0 Å². The van der Waals surface area contributed by atoms with Crippen LogP contribution in [0.5, 0.6) is 0 Å². The van der Waals surface area contributed by atoms with E-state index in [4.69, 9.17) is 5.73 Å². The molecule has 1 aliphatic rings. The second kappa shape index (κ2) is 4.04. The molecule has 5 heteroatoms. The van der Waals surface area contributed by atoms with Crippen LogP contribution in [0, 0.1) is 6.92 Å². The van der Waals surface area contributed by atoms with Crippen molar-refractivity contribution in [3.63, 3.8) is 0 Å². The first-order valence-corrected chi connectivity index (χ1v) is 6.36. The van der Waals surface area contributed by atoms with E-state index in [-0.39, 0.29) is 18.3 Å². The van der Waals surface area contributed by atoms with Crippen LogP contribution >= 0.6 is 11.3 Å². The maximum atomic E-state index is 13.2. The van der Waals surface area contributed by atoms with Crippen molar-refractivity contribution in [1.29, 1.82) is 0 Å². The summed E-state index contributed by atoms with van der Waals surface area (Å²) in [5.74, 6) is -2.50. The third kappa shape index (κ3) is 1.98. The summed E-state index contributed by atoms with van der Waals surface area (Å²) in [5.41, 5.74) is 8.28. The first-order valence-electron chi connectivity index (χ1n) is 5.48. The average Bonchev–Trinajstić information content (AvgIpc) is 2.66. The van der Waals surface area contributed by atoms with Crippen molar-refractivity contribution in [3.8, 4) is 0 Å². The van der Waals surface area contributed by atoms with Crippen LogP contribution in [-0.2, 0) is 5.41 Å². The van der Waals surface area contributed by atoms with Crippen LogP contribution in [0.15, 0.2) is 5.51 Å². The van der Waals surface area contributed by atoms with Crippen molar-refractivity contribution in [2.45, 2.75) is 43.9 Å². The number of aromatic nitrogens is 1. The molecule has 0 amide bonds. The minimum atomic E-state index is -2.50. The van der Waals surface area contributed by atoms with E-state index >= 15 is 0 Å². The van der Waals surface area contributed by atoms with Gasteiger partial charge in [0.2, 0.25) is 5.92 Å². The predicted octanol–water partition coefficient (Wildman–Crippen LogP) is 2.86. The number of nitrogens with two attached hydrogens (primary N) is 1. The van der Waals surface area contributed by atoms with Crippen LogP contribution < -0.4 is 5.73 Å². The van der Waals surface area contributed by atoms with Crippen molar-refractivity contribution >= 4 is 11.3 Å². The summed E-state index contributed by atoms with van der Waals surface area (Å²) in [6.45, 7) is 2.36. The molecule has 0 unspecified atom stereocenters. The third-order valence-corrected chi connectivity index (χ3v) is 4.73. The van der Waals surface area contributed by atoms with E-state index < -0.39 is 5.92 Å². The fraction of sp³-hybridized carbons (Fsp3) is 0.727. The standard InChI is InChI=1S/C11H16F2N2S/c1-8-9(16-7-15-8)10(6-14)2-4-11(12,13)5-3-10/h7H,2-6,14H2,1H3. The Hall–Kier alpha value is -0.550. The zero-order chi connectivity index (χ0) is 11.8. The summed E-state index contributed by atoms with van der Waals surface area (Å²) in [5, 5.41) is 0. The second-order valence-electron chi connectivity index (χ2n) is 4.61. The molecule has 0 saturated heterocycles. The number of aryl methyl sites for hydroxylation is 1. The van der Waals surface area contributed by atoms with E-state index in [2.05, 4.69) is 4.98 Å². The zero-order valence-corrected chi connectivity index (χ0v) is 10.1. The minimum Gasteiger partial charge on any atom is -0.330 e. The highest BCUT2D eigenvalue weighted by Crippen LogP contribution is 2.46. The molecule has 1 saturated carbocycles. The zero-order valence-electron chi connectivity index (χ0n) is 9.30. The van der Waals surface area contributed by atoms with E-state index in [1.807, 2.05) is 6.92 Å². The Morgan fingerprint density at radius 1 is 1.38 bits per heavy atom. The van der Waals surface area contributed by atoms with Gasteiger partial charge in [-0.05, 0) is 19.8 Å². The monoisotopic (exact) mass is 246 g/mol. The molecule has 0 bridgehead atoms. The Morgan fingerprint density at radius 2 is 2.00 bits per heavy atom.